The first-order valence-corrected chi connectivity index (χ1v) is 12.1. The van der Waals surface area contributed by atoms with Crippen LogP contribution in [0.2, 0.25) is 0 Å². The average molecular weight is 483 g/mol. The first kappa shape index (κ1) is 24.9. The van der Waals surface area contributed by atoms with Crippen molar-refractivity contribution in [3.63, 3.8) is 0 Å². The number of carbonyl (C=O) groups is 1. The van der Waals surface area contributed by atoms with Crippen LogP contribution >= 0.6 is 0 Å². The van der Waals surface area contributed by atoms with Crippen molar-refractivity contribution >= 4 is 17.7 Å². The van der Waals surface area contributed by atoms with E-state index in [9.17, 15) is 10.1 Å². The Morgan fingerprint density at radius 1 is 0.972 bits per heavy atom. The Morgan fingerprint density at radius 3 is 2.53 bits per heavy atom. The van der Waals surface area contributed by atoms with Gasteiger partial charge < -0.3 is 19.1 Å². The molecule has 0 bridgehead atoms. The highest BCUT2D eigenvalue weighted by molar-refractivity contribution is 6.12. The maximum absolute atomic E-state index is 13.1. The molecule has 1 aliphatic heterocycles. The lowest BCUT2D eigenvalue weighted by atomic mass is 10.1. The van der Waals surface area contributed by atoms with Crippen molar-refractivity contribution in [1.29, 1.82) is 5.26 Å². The van der Waals surface area contributed by atoms with Crippen LogP contribution in [0.25, 0.3) is 6.08 Å². The van der Waals surface area contributed by atoms with Crippen LogP contribution in [0.1, 0.15) is 29.2 Å². The molecule has 0 unspecified atom stereocenters. The zero-order chi connectivity index (χ0) is 25.5. The zero-order valence-electron chi connectivity index (χ0n) is 20.9. The van der Waals surface area contributed by atoms with Crippen LogP contribution in [0.3, 0.4) is 0 Å². The third-order valence-corrected chi connectivity index (χ3v) is 6.00. The van der Waals surface area contributed by atoms with Gasteiger partial charge in [-0.25, -0.2) is 0 Å². The third kappa shape index (κ3) is 5.69. The zero-order valence-corrected chi connectivity index (χ0v) is 20.9. The van der Waals surface area contributed by atoms with Crippen LogP contribution < -0.4 is 19.1 Å². The molecule has 0 N–H and O–H groups in total. The second-order valence-corrected chi connectivity index (χ2v) is 8.61. The van der Waals surface area contributed by atoms with Crippen LogP contribution in [-0.4, -0.2) is 32.3 Å². The topological polar surface area (TPSA) is 71.8 Å². The molecule has 4 rings (SSSR count). The Labute approximate surface area is 212 Å². The van der Waals surface area contributed by atoms with E-state index >= 15 is 0 Å². The number of nitrogens with zero attached hydrogens (tertiary/aromatic N) is 2. The van der Waals surface area contributed by atoms with E-state index in [1.807, 2.05) is 63.2 Å². The number of rotatable bonds is 9. The van der Waals surface area contributed by atoms with Crippen molar-refractivity contribution in [3.05, 3.63) is 88.5 Å². The summed E-state index contributed by atoms with van der Waals surface area (Å²) in [5, 5.41) is 9.73. The van der Waals surface area contributed by atoms with Crippen LogP contribution in [0, 0.1) is 25.2 Å². The summed E-state index contributed by atoms with van der Waals surface area (Å²) in [5.41, 5.74) is 4.96. The Balaban J connectivity index is 1.45. The van der Waals surface area contributed by atoms with Crippen molar-refractivity contribution in [1.82, 2.24) is 0 Å². The molecule has 1 amide bonds. The normalized spacial score (nSPS) is 12.6. The van der Waals surface area contributed by atoms with Gasteiger partial charge >= 0.3 is 0 Å². The molecule has 36 heavy (non-hydrogen) atoms. The summed E-state index contributed by atoms with van der Waals surface area (Å²) in [7, 11) is 0. The molecule has 1 aliphatic rings. The number of para-hydroxylation sites is 1. The summed E-state index contributed by atoms with van der Waals surface area (Å²) in [5.74, 6) is 1.67. The molecule has 184 valence electrons. The summed E-state index contributed by atoms with van der Waals surface area (Å²) in [4.78, 5) is 14.8. The Kier molecular flexibility index (Phi) is 7.92. The third-order valence-electron chi connectivity index (χ3n) is 6.00. The van der Waals surface area contributed by atoms with E-state index < -0.39 is 0 Å². The largest absolute Gasteiger partial charge is 0.490 e. The lowest BCUT2D eigenvalue weighted by molar-refractivity contribution is -0.114. The van der Waals surface area contributed by atoms with Gasteiger partial charge in [-0.2, -0.15) is 5.26 Å². The van der Waals surface area contributed by atoms with Crippen molar-refractivity contribution in [2.45, 2.75) is 27.2 Å². The van der Waals surface area contributed by atoms with E-state index in [4.69, 9.17) is 14.2 Å². The molecular formula is C30H30N2O4. The lowest BCUT2D eigenvalue weighted by Crippen LogP contribution is -2.29. The quantitative estimate of drug-likeness (QED) is 0.224. The lowest BCUT2D eigenvalue weighted by Gasteiger charge is -2.17. The van der Waals surface area contributed by atoms with Gasteiger partial charge in [0, 0.05) is 12.2 Å². The number of fused-ring (bicyclic) bond motifs is 1. The van der Waals surface area contributed by atoms with Gasteiger partial charge in [0.15, 0.2) is 11.5 Å². The number of nitriles is 1. The van der Waals surface area contributed by atoms with Gasteiger partial charge in [0.1, 0.15) is 30.6 Å². The fourth-order valence-corrected chi connectivity index (χ4v) is 4.17. The molecule has 3 aromatic rings. The van der Waals surface area contributed by atoms with Crippen molar-refractivity contribution in [2.75, 3.05) is 31.3 Å². The number of hydrogen-bond acceptors (Lipinski definition) is 5. The minimum Gasteiger partial charge on any atom is -0.490 e. The predicted octanol–water partition coefficient (Wildman–Crippen LogP) is 5.66. The summed E-state index contributed by atoms with van der Waals surface area (Å²) in [6.45, 7) is 7.70. The fraction of sp³-hybridized carbons (Fsp3) is 0.267. The molecular weight excluding hydrogens is 452 g/mol. The van der Waals surface area contributed by atoms with E-state index in [-0.39, 0.29) is 11.5 Å². The molecule has 1 heterocycles. The van der Waals surface area contributed by atoms with Crippen molar-refractivity contribution in [3.8, 4) is 23.3 Å². The average Bonchev–Trinajstić information content (AvgIpc) is 3.32. The Hall–Kier alpha value is -4.24. The Bertz CT molecular complexity index is 1320. The number of anilines is 1. The highest BCUT2D eigenvalue weighted by Gasteiger charge is 2.26. The predicted molar refractivity (Wildman–Crippen MR) is 141 cm³/mol. The number of amides is 1. The molecule has 0 spiro atoms. The first-order chi connectivity index (χ1) is 17.5. The minimum atomic E-state index is -0.302. The standard InChI is InChI=1S/C30H30N2O4/c1-4-34-29-19-23(11-12-27(29)35-15-16-36-28-17-21(2)9-10-22(28)3)18-25(20-31)30(33)32-14-13-24-7-5-6-8-26(24)32/h5-12,17-19H,4,13-16H2,1-3H3. The second-order valence-electron chi connectivity index (χ2n) is 8.61. The summed E-state index contributed by atoms with van der Waals surface area (Å²) >= 11 is 0. The molecule has 3 aromatic carbocycles. The van der Waals surface area contributed by atoms with Gasteiger partial charge in [0.05, 0.1) is 6.61 Å². The maximum atomic E-state index is 13.1. The number of aryl methyl sites for hydroxylation is 2. The molecule has 0 saturated heterocycles. The van der Waals surface area contributed by atoms with Gasteiger partial charge in [0.2, 0.25) is 0 Å². The summed E-state index contributed by atoms with van der Waals surface area (Å²) < 4.78 is 17.6. The van der Waals surface area contributed by atoms with Crippen molar-refractivity contribution in [2.24, 2.45) is 0 Å². The highest BCUT2D eigenvalue weighted by Crippen LogP contribution is 2.31. The highest BCUT2D eigenvalue weighted by atomic mass is 16.5. The molecule has 0 radical (unpaired) electrons. The molecule has 6 nitrogen and oxygen atoms in total. The molecule has 6 heteroatoms. The summed E-state index contributed by atoms with van der Waals surface area (Å²) in [6.07, 6.45) is 2.38. The smallest absolute Gasteiger partial charge is 0.268 e. The maximum Gasteiger partial charge on any atom is 0.268 e. The summed E-state index contributed by atoms with van der Waals surface area (Å²) in [6, 6.07) is 21.4. The first-order valence-electron chi connectivity index (χ1n) is 12.1. The van der Waals surface area contributed by atoms with Gasteiger partial charge in [-0.15, -0.1) is 0 Å². The number of carbonyl (C=O) groups excluding carboxylic acids is 1. The van der Waals surface area contributed by atoms with E-state index in [1.54, 1.807) is 23.1 Å². The van der Waals surface area contributed by atoms with Crippen LogP contribution in [0.15, 0.2) is 66.2 Å². The number of ether oxygens (including phenoxy) is 3. The van der Waals surface area contributed by atoms with Crippen LogP contribution in [-0.2, 0) is 11.2 Å². The van der Waals surface area contributed by atoms with Gasteiger partial charge in [0.25, 0.3) is 5.91 Å². The van der Waals surface area contributed by atoms with Crippen molar-refractivity contribution < 1.29 is 19.0 Å². The van der Waals surface area contributed by atoms with E-state index in [0.29, 0.717) is 43.4 Å². The monoisotopic (exact) mass is 482 g/mol. The van der Waals surface area contributed by atoms with E-state index in [0.717, 1.165) is 34.5 Å². The number of benzene rings is 3. The number of hydrogen-bond donors (Lipinski definition) is 0. The fourth-order valence-electron chi connectivity index (χ4n) is 4.17. The van der Waals surface area contributed by atoms with Gasteiger partial charge in [-0.05, 0) is 79.8 Å². The van der Waals surface area contributed by atoms with Gasteiger partial charge in [-0.1, -0.05) is 36.4 Å². The molecule has 0 saturated carbocycles. The minimum absolute atomic E-state index is 0.0738. The Morgan fingerprint density at radius 2 is 1.75 bits per heavy atom. The SMILES string of the molecule is CCOc1cc(C=C(C#N)C(=O)N2CCc3ccccc32)ccc1OCCOc1cc(C)ccc1C. The van der Waals surface area contributed by atoms with Crippen LogP contribution in [0.5, 0.6) is 17.2 Å². The van der Waals surface area contributed by atoms with Gasteiger partial charge in [-0.3, -0.25) is 4.79 Å². The molecule has 0 aromatic heterocycles. The second kappa shape index (κ2) is 11.5. The molecule has 0 atom stereocenters. The van der Waals surface area contributed by atoms with E-state index in [1.165, 1.54) is 0 Å². The van der Waals surface area contributed by atoms with E-state index in [2.05, 4.69) is 12.1 Å². The van der Waals surface area contributed by atoms with Crippen LogP contribution in [0.4, 0.5) is 5.69 Å². The molecule has 0 aliphatic carbocycles. The molecule has 0 fully saturated rings.